The smallest absolute Gasteiger partial charge is 0.276 e. The first-order valence-electron chi connectivity index (χ1n) is 8.39. The number of halogens is 3. The van der Waals surface area contributed by atoms with Crippen molar-refractivity contribution in [3.05, 3.63) is 57.0 Å². The molecule has 0 fully saturated rings. The molecule has 0 aliphatic heterocycles. The zero-order valence-corrected chi connectivity index (χ0v) is 17.3. The molecule has 0 bridgehead atoms. The van der Waals surface area contributed by atoms with Crippen LogP contribution in [-0.4, -0.2) is 25.0 Å². The molecule has 150 valence electrons. The summed E-state index contributed by atoms with van der Waals surface area (Å²) >= 11 is 17.7. The number of amides is 2. The average molecular weight is 446 g/mol. The van der Waals surface area contributed by atoms with E-state index in [2.05, 4.69) is 10.9 Å². The molecule has 0 atom stereocenters. The van der Waals surface area contributed by atoms with Gasteiger partial charge in [0.25, 0.3) is 5.91 Å². The van der Waals surface area contributed by atoms with E-state index in [1.807, 2.05) is 6.92 Å². The van der Waals surface area contributed by atoms with Gasteiger partial charge in [-0.3, -0.25) is 20.4 Å². The topological polar surface area (TPSA) is 76.7 Å². The van der Waals surface area contributed by atoms with E-state index in [1.165, 1.54) is 0 Å². The van der Waals surface area contributed by atoms with Gasteiger partial charge < -0.3 is 9.47 Å². The summed E-state index contributed by atoms with van der Waals surface area (Å²) in [4.78, 5) is 23.5. The van der Waals surface area contributed by atoms with Gasteiger partial charge in [0, 0.05) is 16.5 Å². The highest BCUT2D eigenvalue weighted by Gasteiger charge is 2.08. The fourth-order valence-corrected chi connectivity index (χ4v) is 2.85. The summed E-state index contributed by atoms with van der Waals surface area (Å²) in [5.74, 6) is 0.215. The van der Waals surface area contributed by atoms with Crippen molar-refractivity contribution >= 4 is 46.6 Å². The number of carbonyl (C=O) groups is 2. The maximum absolute atomic E-state index is 11.8. The number of ether oxygens (including phenoxy) is 2. The van der Waals surface area contributed by atoms with Gasteiger partial charge in [-0.05, 0) is 55.3 Å². The molecule has 0 aliphatic rings. The third-order valence-corrected chi connectivity index (χ3v) is 4.30. The molecule has 0 unspecified atom stereocenters. The number of aryl methyl sites for hydroxylation is 1. The molecule has 0 heterocycles. The van der Waals surface area contributed by atoms with E-state index in [4.69, 9.17) is 44.3 Å². The van der Waals surface area contributed by atoms with Crippen LogP contribution >= 0.6 is 34.8 Å². The third kappa shape index (κ3) is 7.46. The van der Waals surface area contributed by atoms with Crippen LogP contribution in [0.3, 0.4) is 0 Å². The average Bonchev–Trinajstić information content (AvgIpc) is 2.64. The van der Waals surface area contributed by atoms with Crippen molar-refractivity contribution < 1.29 is 19.1 Å². The van der Waals surface area contributed by atoms with E-state index in [9.17, 15) is 9.59 Å². The van der Waals surface area contributed by atoms with Crippen LogP contribution in [0.1, 0.15) is 18.4 Å². The second-order valence-electron chi connectivity index (χ2n) is 5.82. The Morgan fingerprint density at radius 2 is 1.54 bits per heavy atom. The van der Waals surface area contributed by atoms with Crippen molar-refractivity contribution in [2.24, 2.45) is 0 Å². The number of benzene rings is 2. The zero-order valence-electron chi connectivity index (χ0n) is 15.1. The van der Waals surface area contributed by atoms with Gasteiger partial charge in [0.15, 0.2) is 6.61 Å². The Labute approximate surface area is 178 Å². The van der Waals surface area contributed by atoms with Crippen molar-refractivity contribution in [2.45, 2.75) is 19.8 Å². The van der Waals surface area contributed by atoms with E-state index in [-0.39, 0.29) is 18.9 Å². The molecular weight excluding hydrogens is 427 g/mol. The van der Waals surface area contributed by atoms with Gasteiger partial charge in [0.1, 0.15) is 11.5 Å². The number of nitrogens with one attached hydrogen (secondary N) is 2. The molecule has 6 nitrogen and oxygen atoms in total. The molecule has 0 radical (unpaired) electrons. The van der Waals surface area contributed by atoms with Crippen LogP contribution in [0.4, 0.5) is 0 Å². The lowest BCUT2D eigenvalue weighted by atomic mass is 10.2. The van der Waals surface area contributed by atoms with Crippen LogP contribution in [0.5, 0.6) is 11.5 Å². The van der Waals surface area contributed by atoms with E-state index in [1.54, 1.807) is 36.4 Å². The second-order valence-corrected chi connectivity index (χ2v) is 7.10. The number of hydrazine groups is 1. The Bertz CT molecular complexity index is 846. The first-order valence-corrected chi connectivity index (χ1v) is 9.53. The fourth-order valence-electron chi connectivity index (χ4n) is 2.16. The normalized spacial score (nSPS) is 10.3. The van der Waals surface area contributed by atoms with Crippen LogP contribution in [-0.2, 0) is 9.59 Å². The summed E-state index contributed by atoms with van der Waals surface area (Å²) in [6.07, 6.45) is 0.615. The molecule has 9 heteroatoms. The van der Waals surface area contributed by atoms with Crippen molar-refractivity contribution in [1.29, 1.82) is 0 Å². The van der Waals surface area contributed by atoms with E-state index in [0.29, 0.717) is 39.6 Å². The summed E-state index contributed by atoms with van der Waals surface area (Å²) in [6, 6.07) is 9.98. The molecular formula is C19H19Cl3N2O4. The van der Waals surface area contributed by atoms with Gasteiger partial charge in [-0.1, -0.05) is 34.8 Å². The monoisotopic (exact) mass is 444 g/mol. The highest BCUT2D eigenvalue weighted by molar-refractivity contribution is 6.35. The second kappa shape index (κ2) is 11.0. The molecule has 0 saturated carbocycles. The Morgan fingerprint density at radius 3 is 2.21 bits per heavy atom. The Morgan fingerprint density at radius 1 is 0.893 bits per heavy atom. The largest absolute Gasteiger partial charge is 0.492 e. The molecule has 2 aromatic carbocycles. The van der Waals surface area contributed by atoms with Gasteiger partial charge in [-0.25, -0.2) is 0 Å². The number of hydrogen-bond acceptors (Lipinski definition) is 4. The van der Waals surface area contributed by atoms with Crippen LogP contribution in [0.2, 0.25) is 15.1 Å². The highest BCUT2D eigenvalue weighted by Crippen LogP contribution is 2.27. The molecule has 2 N–H and O–H groups in total. The number of hydrogen-bond donors (Lipinski definition) is 2. The molecule has 0 saturated heterocycles. The predicted octanol–water partition coefficient (Wildman–Crippen LogP) is 4.34. The predicted molar refractivity (Wildman–Crippen MR) is 109 cm³/mol. The van der Waals surface area contributed by atoms with Crippen LogP contribution in [0.25, 0.3) is 0 Å². The zero-order chi connectivity index (χ0) is 20.5. The fraction of sp³-hybridized carbons (Fsp3) is 0.263. The van der Waals surface area contributed by atoms with E-state index < -0.39 is 5.91 Å². The molecule has 2 amide bonds. The summed E-state index contributed by atoms with van der Waals surface area (Å²) in [5, 5.41) is 1.51. The summed E-state index contributed by atoms with van der Waals surface area (Å²) in [6.45, 7) is 1.88. The van der Waals surface area contributed by atoms with E-state index in [0.717, 1.165) is 5.56 Å². The van der Waals surface area contributed by atoms with Gasteiger partial charge in [-0.2, -0.15) is 0 Å². The lowest BCUT2D eigenvalue weighted by Gasteiger charge is -2.11. The van der Waals surface area contributed by atoms with Crippen molar-refractivity contribution in [2.75, 3.05) is 13.2 Å². The van der Waals surface area contributed by atoms with Crippen LogP contribution in [0, 0.1) is 6.92 Å². The first-order chi connectivity index (χ1) is 13.3. The van der Waals surface area contributed by atoms with Gasteiger partial charge >= 0.3 is 0 Å². The Hall–Kier alpha value is -2.15. The summed E-state index contributed by atoms with van der Waals surface area (Å²) in [5.41, 5.74) is 5.42. The number of carbonyl (C=O) groups excluding carboxylic acids is 2. The Kier molecular flexibility index (Phi) is 8.70. The van der Waals surface area contributed by atoms with Gasteiger partial charge in [0.05, 0.1) is 11.6 Å². The van der Waals surface area contributed by atoms with Crippen molar-refractivity contribution in [3.63, 3.8) is 0 Å². The number of rotatable bonds is 8. The standard InChI is InChI=1S/C19H19Cl3N2O4/c1-12-9-13(20)4-6-16(12)28-11-19(26)24-23-18(25)3-2-8-27-17-7-5-14(21)10-15(17)22/h4-7,9-10H,2-3,8,11H2,1H3,(H,23,25)(H,24,26). The maximum atomic E-state index is 11.8. The van der Waals surface area contributed by atoms with Gasteiger partial charge in [0.2, 0.25) is 5.91 Å². The van der Waals surface area contributed by atoms with Crippen molar-refractivity contribution in [1.82, 2.24) is 10.9 Å². The Balaban J connectivity index is 1.61. The minimum Gasteiger partial charge on any atom is -0.492 e. The molecule has 0 aliphatic carbocycles. The van der Waals surface area contributed by atoms with Crippen molar-refractivity contribution in [3.8, 4) is 11.5 Å². The maximum Gasteiger partial charge on any atom is 0.276 e. The third-order valence-electron chi connectivity index (χ3n) is 3.54. The van der Waals surface area contributed by atoms with Crippen LogP contribution in [0.15, 0.2) is 36.4 Å². The molecule has 2 rings (SSSR count). The lowest BCUT2D eigenvalue weighted by Crippen LogP contribution is -2.43. The van der Waals surface area contributed by atoms with E-state index >= 15 is 0 Å². The summed E-state index contributed by atoms with van der Waals surface area (Å²) < 4.78 is 10.9. The lowest BCUT2D eigenvalue weighted by molar-refractivity contribution is -0.130. The molecule has 2 aromatic rings. The first kappa shape index (κ1) is 22.1. The molecule has 0 aromatic heterocycles. The van der Waals surface area contributed by atoms with Gasteiger partial charge in [-0.15, -0.1) is 0 Å². The SMILES string of the molecule is Cc1cc(Cl)ccc1OCC(=O)NNC(=O)CCCOc1ccc(Cl)cc1Cl. The molecule has 28 heavy (non-hydrogen) atoms. The van der Waals surface area contributed by atoms with Crippen LogP contribution < -0.4 is 20.3 Å². The minimum atomic E-state index is -0.480. The minimum absolute atomic E-state index is 0.169. The highest BCUT2D eigenvalue weighted by atomic mass is 35.5. The summed E-state index contributed by atoms with van der Waals surface area (Å²) in [7, 11) is 0. The molecule has 0 spiro atoms. The quantitative estimate of drug-likeness (QED) is 0.468.